The summed E-state index contributed by atoms with van der Waals surface area (Å²) in [5, 5.41) is 23.1. The number of carboxylic acid groups (broad SMARTS) is 1. The molecular weight excluding hydrogens is 337 g/mol. The van der Waals surface area contributed by atoms with Crippen molar-refractivity contribution in [3.05, 3.63) is 64.8 Å². The highest BCUT2D eigenvalue weighted by atomic mass is 19.1. The Morgan fingerprint density at radius 2 is 1.92 bits per heavy atom. The highest BCUT2D eigenvalue weighted by Crippen LogP contribution is 2.42. The van der Waals surface area contributed by atoms with Gasteiger partial charge in [0.05, 0.1) is 5.57 Å². The molecule has 1 aromatic carbocycles. The number of aliphatic carboxylic acids is 1. The van der Waals surface area contributed by atoms with Gasteiger partial charge in [0.1, 0.15) is 11.9 Å². The van der Waals surface area contributed by atoms with Crippen molar-refractivity contribution in [1.29, 1.82) is 0 Å². The monoisotopic (exact) mass is 355 g/mol. The Kier molecular flexibility index (Phi) is 3.97. The minimum atomic E-state index is -1.19. The van der Waals surface area contributed by atoms with Crippen LogP contribution >= 0.6 is 0 Å². The lowest BCUT2D eigenvalue weighted by Crippen LogP contribution is -2.38. The van der Waals surface area contributed by atoms with Crippen LogP contribution in [0.2, 0.25) is 0 Å². The van der Waals surface area contributed by atoms with Gasteiger partial charge in [-0.2, -0.15) is 4.98 Å². The van der Waals surface area contributed by atoms with Gasteiger partial charge in [0.2, 0.25) is 5.82 Å². The second-order valence-corrected chi connectivity index (χ2v) is 6.60. The minimum absolute atomic E-state index is 0.0239. The van der Waals surface area contributed by atoms with Gasteiger partial charge >= 0.3 is 5.97 Å². The first-order chi connectivity index (χ1) is 12.5. The number of carbonyl (C=O) groups is 1. The van der Waals surface area contributed by atoms with E-state index in [1.165, 1.54) is 6.07 Å². The van der Waals surface area contributed by atoms with Crippen molar-refractivity contribution in [3.8, 4) is 0 Å². The maximum Gasteiger partial charge on any atom is 0.337 e. The zero-order valence-electron chi connectivity index (χ0n) is 14.1. The average molecular weight is 355 g/mol. The molecule has 1 unspecified atom stereocenters. The Labute approximate surface area is 150 Å². The van der Waals surface area contributed by atoms with Gasteiger partial charge in [-0.1, -0.05) is 18.2 Å². The molecule has 2 aromatic rings. The quantitative estimate of drug-likeness (QED) is 0.674. The van der Waals surface area contributed by atoms with Crippen LogP contribution in [-0.4, -0.2) is 29.1 Å². The summed E-state index contributed by atoms with van der Waals surface area (Å²) < 4.78 is 13.5. The molecule has 0 saturated carbocycles. The molecule has 4 rings (SSSR count). The first-order valence-electron chi connectivity index (χ1n) is 8.54. The van der Waals surface area contributed by atoms with Crippen LogP contribution in [0.5, 0.6) is 0 Å². The van der Waals surface area contributed by atoms with E-state index in [0.29, 0.717) is 24.3 Å². The molecule has 0 amide bonds. The van der Waals surface area contributed by atoms with E-state index in [0.717, 1.165) is 19.0 Å². The largest absolute Gasteiger partial charge is 0.616 e. The van der Waals surface area contributed by atoms with Crippen molar-refractivity contribution < 1.29 is 14.3 Å². The molecule has 2 aliphatic rings. The number of hydrogen-bond acceptors (Lipinski definition) is 4. The van der Waals surface area contributed by atoms with Gasteiger partial charge in [0, 0.05) is 37.2 Å². The van der Waals surface area contributed by atoms with E-state index < -0.39 is 16.4 Å². The summed E-state index contributed by atoms with van der Waals surface area (Å²) in [5.41, 5.74) is 0.578. The third-order valence-corrected chi connectivity index (χ3v) is 4.87. The number of quaternary nitrogens is 1. The van der Waals surface area contributed by atoms with Crippen molar-refractivity contribution in [2.75, 3.05) is 18.0 Å². The second kappa shape index (κ2) is 6.19. The third kappa shape index (κ3) is 2.65. The van der Waals surface area contributed by atoms with Crippen LogP contribution in [0.3, 0.4) is 0 Å². The SMILES string of the molecule is O=C(O)C1=C[N+]([O-])(c2ccccc2)c2nc(N3CCCC3)c(F)cc2C1. The lowest BCUT2D eigenvalue weighted by molar-refractivity contribution is -0.132. The number of rotatable bonds is 3. The van der Waals surface area contributed by atoms with E-state index in [9.17, 15) is 19.5 Å². The molecule has 2 aliphatic heterocycles. The van der Waals surface area contributed by atoms with Crippen LogP contribution in [0.25, 0.3) is 0 Å². The number of carboxylic acids is 1. The van der Waals surface area contributed by atoms with E-state index in [1.54, 1.807) is 30.3 Å². The highest BCUT2D eigenvalue weighted by Gasteiger charge is 2.36. The van der Waals surface area contributed by atoms with Crippen LogP contribution in [0, 0.1) is 11.0 Å². The molecule has 1 fully saturated rings. The van der Waals surface area contributed by atoms with E-state index >= 15 is 0 Å². The van der Waals surface area contributed by atoms with Gasteiger partial charge in [-0.05, 0) is 18.9 Å². The number of hydrogen-bond donors (Lipinski definition) is 1. The fourth-order valence-corrected chi connectivity index (χ4v) is 3.58. The Morgan fingerprint density at radius 1 is 1.23 bits per heavy atom. The molecule has 134 valence electrons. The first-order valence-corrected chi connectivity index (χ1v) is 8.54. The molecule has 6 nitrogen and oxygen atoms in total. The van der Waals surface area contributed by atoms with Gasteiger partial charge in [0.15, 0.2) is 11.6 Å². The van der Waals surface area contributed by atoms with Gasteiger partial charge in [-0.15, -0.1) is 0 Å². The van der Waals surface area contributed by atoms with Crippen LogP contribution in [0.1, 0.15) is 18.4 Å². The molecule has 1 saturated heterocycles. The zero-order chi connectivity index (χ0) is 18.3. The predicted molar refractivity (Wildman–Crippen MR) is 96.3 cm³/mol. The van der Waals surface area contributed by atoms with Crippen molar-refractivity contribution in [1.82, 2.24) is 9.63 Å². The van der Waals surface area contributed by atoms with E-state index in [-0.39, 0.29) is 23.6 Å². The minimum Gasteiger partial charge on any atom is -0.616 e. The van der Waals surface area contributed by atoms with Crippen LogP contribution in [-0.2, 0) is 11.2 Å². The van der Waals surface area contributed by atoms with Crippen molar-refractivity contribution >= 4 is 23.3 Å². The lowest BCUT2D eigenvalue weighted by Gasteiger charge is -2.40. The number of halogens is 1. The fraction of sp³-hybridized carbons (Fsp3) is 0.263. The fourth-order valence-electron chi connectivity index (χ4n) is 3.58. The zero-order valence-corrected chi connectivity index (χ0v) is 14.1. The van der Waals surface area contributed by atoms with Crippen molar-refractivity contribution in [3.63, 3.8) is 0 Å². The summed E-state index contributed by atoms with van der Waals surface area (Å²) in [6.45, 7) is 1.40. The number of hydroxylamine groups is 1. The topological polar surface area (TPSA) is 76.5 Å². The van der Waals surface area contributed by atoms with Crippen molar-refractivity contribution in [2.24, 2.45) is 0 Å². The number of aromatic nitrogens is 1. The molecule has 3 heterocycles. The summed E-state index contributed by atoms with van der Waals surface area (Å²) in [6.07, 6.45) is 3.04. The normalized spacial score (nSPS) is 22.1. The van der Waals surface area contributed by atoms with Crippen LogP contribution < -0.4 is 9.55 Å². The highest BCUT2D eigenvalue weighted by molar-refractivity contribution is 5.89. The van der Waals surface area contributed by atoms with E-state index in [1.807, 2.05) is 4.90 Å². The van der Waals surface area contributed by atoms with Gasteiger partial charge in [-0.3, -0.25) is 4.65 Å². The maximum absolute atomic E-state index is 14.6. The molecular formula is C19H18FN3O3. The molecule has 0 spiro atoms. The Bertz CT molecular complexity index is 894. The Balaban J connectivity index is 1.91. The number of benzene rings is 1. The number of para-hydroxylation sites is 1. The third-order valence-electron chi connectivity index (χ3n) is 4.87. The second-order valence-electron chi connectivity index (χ2n) is 6.60. The Hall–Kier alpha value is -2.77. The number of fused-ring (bicyclic) bond motifs is 1. The van der Waals surface area contributed by atoms with Crippen molar-refractivity contribution in [2.45, 2.75) is 19.3 Å². The van der Waals surface area contributed by atoms with Crippen LogP contribution in [0.4, 0.5) is 21.7 Å². The summed E-state index contributed by atoms with van der Waals surface area (Å²) in [4.78, 5) is 17.7. The van der Waals surface area contributed by atoms with E-state index in [2.05, 4.69) is 4.98 Å². The average Bonchev–Trinajstić information content (AvgIpc) is 3.16. The molecule has 1 aromatic heterocycles. The number of pyridine rings is 1. The van der Waals surface area contributed by atoms with E-state index in [4.69, 9.17) is 0 Å². The molecule has 0 radical (unpaired) electrons. The maximum atomic E-state index is 14.6. The number of nitrogens with zero attached hydrogens (tertiary/aromatic N) is 3. The lowest BCUT2D eigenvalue weighted by atomic mass is 10.0. The molecule has 7 heteroatoms. The molecule has 26 heavy (non-hydrogen) atoms. The molecule has 1 N–H and O–H groups in total. The summed E-state index contributed by atoms with van der Waals surface area (Å²) >= 11 is 0. The standard InChI is InChI=1S/C19H18FN3O3/c20-16-11-13-10-14(19(24)25)12-23(26,15-6-2-1-3-7-15)18(13)21-17(16)22-8-4-5-9-22/h1-3,6-7,11-12H,4-5,8-10H2,(H,24,25). The predicted octanol–water partition coefficient (Wildman–Crippen LogP) is 3.48. The molecule has 0 bridgehead atoms. The summed E-state index contributed by atoms with van der Waals surface area (Å²) in [5.74, 6) is -1.40. The summed E-state index contributed by atoms with van der Waals surface area (Å²) in [6, 6.07) is 9.70. The van der Waals surface area contributed by atoms with Gasteiger partial charge in [-0.25, -0.2) is 9.18 Å². The molecule has 0 aliphatic carbocycles. The first kappa shape index (κ1) is 16.7. The number of anilines is 1. The van der Waals surface area contributed by atoms with Gasteiger partial charge < -0.3 is 15.2 Å². The Morgan fingerprint density at radius 3 is 2.58 bits per heavy atom. The van der Waals surface area contributed by atoms with Crippen LogP contribution in [0.15, 0.2) is 48.2 Å². The molecule has 1 atom stereocenters. The van der Waals surface area contributed by atoms with Gasteiger partial charge in [0.25, 0.3) is 0 Å². The smallest absolute Gasteiger partial charge is 0.337 e. The summed E-state index contributed by atoms with van der Waals surface area (Å²) in [7, 11) is 0.